The SMILES string of the molecule is CC(C)(/C=C/COS(=O)c1ccccc1)CO. The number of aliphatic hydroxyl groups is 1. The van der Waals surface area contributed by atoms with Gasteiger partial charge < -0.3 is 5.11 Å². The fraction of sp³-hybridized carbons (Fsp3) is 0.385. The van der Waals surface area contributed by atoms with E-state index in [4.69, 9.17) is 9.29 Å². The van der Waals surface area contributed by atoms with Gasteiger partial charge in [0.15, 0.2) is 11.1 Å². The zero-order valence-corrected chi connectivity index (χ0v) is 10.9. The summed E-state index contributed by atoms with van der Waals surface area (Å²) in [5.41, 5.74) is -0.266. The molecule has 0 saturated carbocycles. The molecule has 0 spiro atoms. The molecule has 4 heteroatoms. The van der Waals surface area contributed by atoms with Crippen molar-refractivity contribution in [3.8, 4) is 0 Å². The standard InChI is InChI=1S/C13H18O3S/c1-13(2,11-14)9-6-10-16-17(15)12-7-4-3-5-8-12/h3-9,14H,10-11H2,1-2H3/b9-6+. The maximum absolute atomic E-state index is 11.6. The van der Waals surface area contributed by atoms with E-state index in [1.807, 2.05) is 38.1 Å². The van der Waals surface area contributed by atoms with Crippen molar-refractivity contribution in [1.29, 1.82) is 0 Å². The predicted octanol–water partition coefficient (Wildman–Crippen LogP) is 2.30. The van der Waals surface area contributed by atoms with E-state index in [-0.39, 0.29) is 18.6 Å². The second-order valence-electron chi connectivity index (χ2n) is 4.38. The van der Waals surface area contributed by atoms with Gasteiger partial charge in [0, 0.05) is 5.41 Å². The topological polar surface area (TPSA) is 46.5 Å². The molecule has 0 amide bonds. The third kappa shape index (κ3) is 5.26. The van der Waals surface area contributed by atoms with Gasteiger partial charge in [-0.15, -0.1) is 0 Å². The number of hydrogen-bond donors (Lipinski definition) is 1. The van der Waals surface area contributed by atoms with E-state index in [0.29, 0.717) is 4.90 Å². The molecule has 0 aliphatic rings. The van der Waals surface area contributed by atoms with Crippen molar-refractivity contribution in [2.75, 3.05) is 13.2 Å². The minimum Gasteiger partial charge on any atom is -0.395 e. The molecule has 0 bridgehead atoms. The molecule has 17 heavy (non-hydrogen) atoms. The maximum atomic E-state index is 11.6. The maximum Gasteiger partial charge on any atom is 0.189 e. The van der Waals surface area contributed by atoms with Crippen LogP contribution < -0.4 is 0 Å². The Hall–Kier alpha value is -0.970. The van der Waals surface area contributed by atoms with Crippen LogP contribution in [0.2, 0.25) is 0 Å². The molecule has 1 aromatic carbocycles. The van der Waals surface area contributed by atoms with E-state index in [1.54, 1.807) is 18.2 Å². The summed E-state index contributed by atoms with van der Waals surface area (Å²) in [7, 11) is 0. The van der Waals surface area contributed by atoms with E-state index in [0.717, 1.165) is 0 Å². The molecule has 0 aliphatic heterocycles. The minimum atomic E-state index is -1.43. The Morgan fingerprint density at radius 3 is 2.59 bits per heavy atom. The van der Waals surface area contributed by atoms with Crippen LogP contribution in [0.25, 0.3) is 0 Å². The number of aliphatic hydroxyl groups excluding tert-OH is 1. The van der Waals surface area contributed by atoms with Gasteiger partial charge >= 0.3 is 0 Å². The third-order valence-corrected chi connectivity index (χ3v) is 3.19. The molecule has 3 nitrogen and oxygen atoms in total. The van der Waals surface area contributed by atoms with Gasteiger partial charge in [-0.25, -0.2) is 4.21 Å². The zero-order chi connectivity index (χ0) is 12.7. The highest BCUT2D eigenvalue weighted by Gasteiger charge is 2.10. The zero-order valence-electron chi connectivity index (χ0n) is 10.1. The van der Waals surface area contributed by atoms with Crippen molar-refractivity contribution in [2.24, 2.45) is 5.41 Å². The van der Waals surface area contributed by atoms with Gasteiger partial charge in [0.2, 0.25) is 0 Å². The quantitative estimate of drug-likeness (QED) is 0.792. The average Bonchev–Trinajstić information content (AvgIpc) is 2.35. The molecule has 0 heterocycles. The minimum absolute atomic E-state index is 0.0747. The summed E-state index contributed by atoms with van der Waals surface area (Å²) in [6, 6.07) is 9.03. The highest BCUT2D eigenvalue weighted by molar-refractivity contribution is 7.80. The Bertz CT molecular complexity index is 385. The Labute approximate surface area is 105 Å². The van der Waals surface area contributed by atoms with Crippen LogP contribution in [0.1, 0.15) is 13.8 Å². The first kappa shape index (κ1) is 14.1. The first-order chi connectivity index (χ1) is 8.05. The fourth-order valence-electron chi connectivity index (χ4n) is 1.12. The van der Waals surface area contributed by atoms with Crippen LogP contribution in [-0.4, -0.2) is 22.5 Å². The van der Waals surface area contributed by atoms with Gasteiger partial charge in [0.1, 0.15) is 0 Å². The average molecular weight is 254 g/mol. The lowest BCUT2D eigenvalue weighted by molar-refractivity contribution is 0.199. The summed E-state index contributed by atoms with van der Waals surface area (Å²) in [6.45, 7) is 4.17. The molecule has 0 aliphatic carbocycles. The third-order valence-electron chi connectivity index (χ3n) is 2.18. The Kier molecular flexibility index (Phi) is 5.55. The summed E-state index contributed by atoms with van der Waals surface area (Å²) in [5.74, 6) is 0. The number of hydrogen-bond acceptors (Lipinski definition) is 3. The van der Waals surface area contributed by atoms with Crippen LogP contribution in [0.4, 0.5) is 0 Å². The smallest absolute Gasteiger partial charge is 0.189 e. The lowest BCUT2D eigenvalue weighted by Crippen LogP contribution is -2.13. The highest BCUT2D eigenvalue weighted by Crippen LogP contribution is 2.15. The summed E-state index contributed by atoms with van der Waals surface area (Å²) >= 11 is -1.43. The molecule has 0 fully saturated rings. The van der Waals surface area contributed by atoms with Gasteiger partial charge in [-0.3, -0.25) is 4.18 Å². The fourth-order valence-corrected chi connectivity index (χ4v) is 1.84. The van der Waals surface area contributed by atoms with Crippen LogP contribution in [0, 0.1) is 5.41 Å². The van der Waals surface area contributed by atoms with Crippen molar-refractivity contribution in [1.82, 2.24) is 0 Å². The molecule has 0 radical (unpaired) electrons. The Balaban J connectivity index is 2.40. The van der Waals surface area contributed by atoms with E-state index in [9.17, 15) is 4.21 Å². The van der Waals surface area contributed by atoms with Gasteiger partial charge in [-0.05, 0) is 12.1 Å². The molecule has 1 atom stereocenters. The van der Waals surface area contributed by atoms with Crippen molar-refractivity contribution in [3.63, 3.8) is 0 Å². The lowest BCUT2D eigenvalue weighted by atomic mass is 9.95. The van der Waals surface area contributed by atoms with Crippen LogP contribution >= 0.6 is 0 Å². The molecule has 1 rings (SSSR count). The van der Waals surface area contributed by atoms with Crippen LogP contribution in [0.5, 0.6) is 0 Å². The van der Waals surface area contributed by atoms with Gasteiger partial charge in [-0.1, -0.05) is 44.2 Å². The van der Waals surface area contributed by atoms with Crippen molar-refractivity contribution < 1.29 is 13.5 Å². The Morgan fingerprint density at radius 1 is 1.35 bits per heavy atom. The van der Waals surface area contributed by atoms with Crippen molar-refractivity contribution in [2.45, 2.75) is 18.7 Å². The van der Waals surface area contributed by atoms with Crippen molar-refractivity contribution >= 4 is 11.1 Å². The second-order valence-corrected chi connectivity index (χ2v) is 5.56. The van der Waals surface area contributed by atoms with Crippen molar-refractivity contribution in [3.05, 3.63) is 42.5 Å². The van der Waals surface area contributed by atoms with Crippen LogP contribution in [-0.2, 0) is 15.3 Å². The molecule has 1 unspecified atom stereocenters. The molecule has 1 N–H and O–H groups in total. The Morgan fingerprint density at radius 2 is 2.00 bits per heavy atom. The van der Waals surface area contributed by atoms with Crippen LogP contribution in [0.3, 0.4) is 0 Å². The summed E-state index contributed by atoms with van der Waals surface area (Å²) in [4.78, 5) is 0.655. The second kappa shape index (κ2) is 6.69. The predicted molar refractivity (Wildman–Crippen MR) is 68.8 cm³/mol. The normalized spacial score (nSPS) is 14.1. The van der Waals surface area contributed by atoms with E-state index in [2.05, 4.69) is 0 Å². The molecular formula is C13H18O3S. The largest absolute Gasteiger partial charge is 0.395 e. The lowest BCUT2D eigenvalue weighted by Gasteiger charge is -2.15. The molecule has 0 aromatic heterocycles. The van der Waals surface area contributed by atoms with E-state index < -0.39 is 11.1 Å². The molecule has 94 valence electrons. The summed E-state index contributed by atoms with van der Waals surface area (Å²) < 4.78 is 16.8. The molecule has 0 saturated heterocycles. The van der Waals surface area contributed by atoms with E-state index >= 15 is 0 Å². The first-order valence-corrected chi connectivity index (χ1v) is 6.51. The molecule has 1 aromatic rings. The summed E-state index contributed by atoms with van der Waals surface area (Å²) in [5, 5.41) is 9.03. The highest BCUT2D eigenvalue weighted by atomic mass is 32.2. The van der Waals surface area contributed by atoms with Gasteiger partial charge in [0.25, 0.3) is 0 Å². The number of benzene rings is 1. The van der Waals surface area contributed by atoms with Gasteiger partial charge in [-0.2, -0.15) is 0 Å². The van der Waals surface area contributed by atoms with E-state index in [1.165, 1.54) is 0 Å². The summed E-state index contributed by atoms with van der Waals surface area (Å²) in [6.07, 6.45) is 3.63. The monoisotopic (exact) mass is 254 g/mol. The molecular weight excluding hydrogens is 236 g/mol. The van der Waals surface area contributed by atoms with Crippen LogP contribution in [0.15, 0.2) is 47.4 Å². The van der Waals surface area contributed by atoms with Gasteiger partial charge in [0.05, 0.1) is 18.1 Å². The first-order valence-electron chi connectivity index (χ1n) is 5.44. The number of rotatable bonds is 6.